The summed E-state index contributed by atoms with van der Waals surface area (Å²) in [6.07, 6.45) is 3.82. The second-order valence-electron chi connectivity index (χ2n) is 7.90. The molecule has 0 radical (unpaired) electrons. The van der Waals surface area contributed by atoms with Crippen LogP contribution in [-0.4, -0.2) is 54.8 Å². The van der Waals surface area contributed by atoms with Gasteiger partial charge in [-0.2, -0.15) is 0 Å². The first-order valence-corrected chi connectivity index (χ1v) is 10.9. The van der Waals surface area contributed by atoms with E-state index < -0.39 is 5.97 Å². The molecule has 7 heteroatoms. The molecule has 1 atom stereocenters. The quantitative estimate of drug-likeness (QED) is 0.689. The number of benzene rings is 2. The molecule has 1 fully saturated rings. The summed E-state index contributed by atoms with van der Waals surface area (Å²) < 4.78 is 12.2. The van der Waals surface area contributed by atoms with E-state index >= 15 is 0 Å². The summed E-state index contributed by atoms with van der Waals surface area (Å²) in [4.78, 5) is 16.2. The maximum Gasteiger partial charge on any atom is 0.335 e. The largest absolute Gasteiger partial charge is 0.493 e. The maximum atomic E-state index is 11.6. The Morgan fingerprint density at radius 1 is 1.19 bits per heavy atom. The Morgan fingerprint density at radius 2 is 2.06 bits per heavy atom. The van der Waals surface area contributed by atoms with Crippen LogP contribution in [0.15, 0.2) is 49.1 Å². The van der Waals surface area contributed by atoms with Gasteiger partial charge in [0.05, 0.1) is 17.9 Å². The SMILES string of the molecule is C=CCN1CC[C@H]1CN1CCCOc2cc(Cl)ccc2COc2ccc(C(=O)O)cc21. The number of carbonyl (C=O) groups is 1. The predicted molar refractivity (Wildman–Crippen MR) is 122 cm³/mol. The highest BCUT2D eigenvalue weighted by Crippen LogP contribution is 2.34. The van der Waals surface area contributed by atoms with Crippen molar-refractivity contribution in [2.24, 2.45) is 0 Å². The zero-order chi connectivity index (χ0) is 21.8. The van der Waals surface area contributed by atoms with Crippen molar-refractivity contribution in [2.45, 2.75) is 25.5 Å². The number of nitrogens with zero attached hydrogens (tertiary/aromatic N) is 2. The number of carboxylic acids is 1. The van der Waals surface area contributed by atoms with Gasteiger partial charge in [-0.25, -0.2) is 4.79 Å². The van der Waals surface area contributed by atoms with Crippen LogP contribution in [0.2, 0.25) is 5.02 Å². The van der Waals surface area contributed by atoms with E-state index in [9.17, 15) is 9.90 Å². The van der Waals surface area contributed by atoms with Gasteiger partial charge >= 0.3 is 5.97 Å². The lowest BCUT2D eigenvalue weighted by atomic mass is 10.0. The van der Waals surface area contributed by atoms with E-state index in [2.05, 4.69) is 16.4 Å². The van der Waals surface area contributed by atoms with Crippen molar-refractivity contribution in [3.05, 3.63) is 65.2 Å². The molecule has 4 rings (SSSR count). The number of carboxylic acid groups (broad SMARTS) is 1. The van der Waals surface area contributed by atoms with Crippen molar-refractivity contribution in [1.29, 1.82) is 0 Å². The average molecular weight is 443 g/mol. The second-order valence-corrected chi connectivity index (χ2v) is 8.34. The smallest absolute Gasteiger partial charge is 0.335 e. The molecule has 0 bridgehead atoms. The van der Waals surface area contributed by atoms with Crippen molar-refractivity contribution < 1.29 is 19.4 Å². The van der Waals surface area contributed by atoms with Crippen LogP contribution in [0.3, 0.4) is 0 Å². The predicted octanol–water partition coefficient (Wildman–Crippen LogP) is 4.47. The zero-order valence-electron chi connectivity index (χ0n) is 17.4. The highest BCUT2D eigenvalue weighted by atomic mass is 35.5. The summed E-state index contributed by atoms with van der Waals surface area (Å²) in [7, 11) is 0. The Bertz CT molecular complexity index is 965. The molecule has 0 unspecified atom stereocenters. The van der Waals surface area contributed by atoms with Gasteiger partial charge in [-0.3, -0.25) is 4.90 Å². The zero-order valence-corrected chi connectivity index (χ0v) is 18.2. The highest BCUT2D eigenvalue weighted by molar-refractivity contribution is 6.30. The fourth-order valence-corrected chi connectivity index (χ4v) is 4.23. The van der Waals surface area contributed by atoms with Crippen LogP contribution in [-0.2, 0) is 6.61 Å². The summed E-state index contributed by atoms with van der Waals surface area (Å²) in [5.74, 6) is 0.445. The molecule has 0 amide bonds. The van der Waals surface area contributed by atoms with Gasteiger partial charge in [-0.05, 0) is 43.2 Å². The highest BCUT2D eigenvalue weighted by Gasteiger charge is 2.30. The standard InChI is InChI=1S/C24H27ClN2O4/c1-2-9-26-11-8-20(26)15-27-10-3-12-30-23-14-19(25)6-4-18(23)16-31-22-7-5-17(24(28)29)13-21(22)27/h2,4-7,13-14,20H,1,3,8-12,15-16H2,(H,28,29)/t20-/m0/s1. The molecular weight excluding hydrogens is 416 g/mol. The van der Waals surface area contributed by atoms with Crippen LogP contribution in [0, 0.1) is 0 Å². The average Bonchev–Trinajstić information content (AvgIpc) is 2.78. The number of likely N-dealkylation sites (tertiary alicyclic amines) is 1. The Balaban J connectivity index is 1.65. The summed E-state index contributed by atoms with van der Waals surface area (Å²) >= 11 is 6.15. The molecule has 2 aromatic carbocycles. The molecule has 2 heterocycles. The van der Waals surface area contributed by atoms with Crippen molar-refractivity contribution in [3.63, 3.8) is 0 Å². The molecule has 1 N–H and O–H groups in total. The monoisotopic (exact) mass is 442 g/mol. The summed E-state index contributed by atoms with van der Waals surface area (Å²) in [6, 6.07) is 11.0. The van der Waals surface area contributed by atoms with Gasteiger partial charge in [-0.15, -0.1) is 6.58 Å². The fraction of sp³-hybridized carbons (Fsp3) is 0.375. The van der Waals surface area contributed by atoms with Crippen molar-refractivity contribution in [3.8, 4) is 11.5 Å². The van der Waals surface area contributed by atoms with Gasteiger partial charge in [0.1, 0.15) is 18.1 Å². The maximum absolute atomic E-state index is 11.6. The van der Waals surface area contributed by atoms with Crippen LogP contribution < -0.4 is 14.4 Å². The molecule has 2 aliphatic heterocycles. The Morgan fingerprint density at radius 3 is 2.81 bits per heavy atom. The third-order valence-corrected chi connectivity index (χ3v) is 6.08. The minimum Gasteiger partial charge on any atom is -0.493 e. The van der Waals surface area contributed by atoms with Gasteiger partial charge in [0.15, 0.2) is 0 Å². The molecule has 2 aliphatic rings. The van der Waals surface area contributed by atoms with Crippen molar-refractivity contribution >= 4 is 23.3 Å². The van der Waals surface area contributed by atoms with Crippen LogP contribution in [0.5, 0.6) is 11.5 Å². The number of halogens is 1. The first-order chi connectivity index (χ1) is 15.0. The van der Waals surface area contributed by atoms with Crippen LogP contribution in [0.25, 0.3) is 0 Å². The normalized spacial score (nSPS) is 19.0. The second kappa shape index (κ2) is 9.62. The van der Waals surface area contributed by atoms with E-state index in [0.29, 0.717) is 30.0 Å². The summed E-state index contributed by atoms with van der Waals surface area (Å²) in [6.45, 7) is 8.15. The molecule has 0 aromatic heterocycles. The third-order valence-electron chi connectivity index (χ3n) is 5.85. The number of aromatic carboxylic acids is 1. The van der Waals surface area contributed by atoms with Gasteiger partial charge in [0.25, 0.3) is 0 Å². The van der Waals surface area contributed by atoms with E-state index in [0.717, 1.165) is 56.0 Å². The van der Waals surface area contributed by atoms with Crippen molar-refractivity contribution in [2.75, 3.05) is 37.7 Å². The minimum absolute atomic E-state index is 0.252. The Hall–Kier alpha value is -2.70. The van der Waals surface area contributed by atoms with Crippen LogP contribution in [0.1, 0.15) is 28.8 Å². The number of anilines is 1. The number of fused-ring (bicyclic) bond motifs is 2. The summed E-state index contributed by atoms with van der Waals surface area (Å²) in [5.41, 5.74) is 1.97. The topological polar surface area (TPSA) is 62.2 Å². The van der Waals surface area contributed by atoms with E-state index in [4.69, 9.17) is 21.1 Å². The van der Waals surface area contributed by atoms with E-state index in [1.54, 1.807) is 18.2 Å². The van der Waals surface area contributed by atoms with Gasteiger partial charge in [-0.1, -0.05) is 23.7 Å². The van der Waals surface area contributed by atoms with E-state index in [1.165, 1.54) is 0 Å². The first kappa shape index (κ1) is 21.5. The number of hydrogen-bond donors (Lipinski definition) is 1. The van der Waals surface area contributed by atoms with Gasteiger partial charge in [0, 0.05) is 42.8 Å². The molecule has 2 aromatic rings. The lowest BCUT2D eigenvalue weighted by Crippen LogP contribution is -2.53. The molecular formula is C24H27ClN2O4. The Labute approximate surface area is 187 Å². The van der Waals surface area contributed by atoms with Crippen molar-refractivity contribution in [1.82, 2.24) is 4.90 Å². The number of hydrogen-bond acceptors (Lipinski definition) is 5. The van der Waals surface area contributed by atoms with E-state index in [1.807, 2.05) is 24.3 Å². The Kier molecular flexibility index (Phi) is 6.68. The molecule has 0 aliphatic carbocycles. The van der Waals surface area contributed by atoms with E-state index in [-0.39, 0.29) is 5.56 Å². The molecule has 1 saturated heterocycles. The molecule has 0 spiro atoms. The minimum atomic E-state index is -0.947. The third kappa shape index (κ3) is 4.97. The molecule has 6 nitrogen and oxygen atoms in total. The first-order valence-electron chi connectivity index (χ1n) is 10.6. The lowest BCUT2D eigenvalue weighted by Gasteiger charge is -2.43. The van der Waals surface area contributed by atoms with Gasteiger partial charge in [0.2, 0.25) is 0 Å². The fourth-order valence-electron chi connectivity index (χ4n) is 4.07. The summed E-state index contributed by atoms with van der Waals surface area (Å²) in [5, 5.41) is 10.2. The molecule has 0 saturated carbocycles. The molecule has 31 heavy (non-hydrogen) atoms. The molecule has 164 valence electrons. The van der Waals surface area contributed by atoms with Gasteiger partial charge < -0.3 is 19.5 Å². The van der Waals surface area contributed by atoms with Crippen LogP contribution in [0.4, 0.5) is 5.69 Å². The lowest BCUT2D eigenvalue weighted by molar-refractivity contribution is 0.0697. The van der Waals surface area contributed by atoms with Crippen LogP contribution >= 0.6 is 11.6 Å². The number of ether oxygens (including phenoxy) is 2. The number of rotatable bonds is 5.